The minimum Gasteiger partial charge on any atom is -0.380 e. The molecule has 0 saturated heterocycles. The van der Waals surface area contributed by atoms with Gasteiger partial charge in [0.15, 0.2) is 10.5 Å². The third-order valence-electron chi connectivity index (χ3n) is 2.45. The molecule has 0 bridgehead atoms. The molecule has 0 aliphatic rings. The third kappa shape index (κ3) is 5.40. The number of halogens is 1. The molecule has 0 saturated carbocycles. The van der Waals surface area contributed by atoms with Gasteiger partial charge in [-0.25, -0.2) is 4.39 Å². The zero-order valence-electron chi connectivity index (χ0n) is 12.3. The number of hydrogen-bond acceptors (Lipinski definition) is 3. The van der Waals surface area contributed by atoms with Crippen molar-refractivity contribution in [3.63, 3.8) is 0 Å². The molecule has 108 valence electrons. The summed E-state index contributed by atoms with van der Waals surface area (Å²) in [6, 6.07) is 6.40. The van der Waals surface area contributed by atoms with E-state index in [-0.39, 0.29) is 18.0 Å². The normalized spacial score (nSPS) is 12.6. The highest BCUT2D eigenvalue weighted by atomic mass is 28.2. The Bertz CT molecular complexity index is 386. The van der Waals surface area contributed by atoms with Crippen molar-refractivity contribution >= 4 is 10.5 Å². The van der Waals surface area contributed by atoms with E-state index in [1.807, 2.05) is 33.8 Å². The van der Waals surface area contributed by atoms with E-state index in [2.05, 4.69) is 0 Å². The molecule has 0 N–H and O–H groups in total. The van der Waals surface area contributed by atoms with Crippen LogP contribution in [0.4, 0.5) is 4.39 Å². The van der Waals surface area contributed by atoms with Crippen molar-refractivity contribution in [3.05, 3.63) is 35.6 Å². The van der Waals surface area contributed by atoms with Gasteiger partial charge in [0.25, 0.3) is 5.97 Å². The summed E-state index contributed by atoms with van der Waals surface area (Å²) in [4.78, 5) is 0. The number of hydrogen-bond donors (Lipinski definition) is 0. The Kier molecular flexibility index (Phi) is 6.13. The van der Waals surface area contributed by atoms with E-state index < -0.39 is 5.97 Å². The molecule has 0 atom stereocenters. The quantitative estimate of drug-likeness (QED) is 0.568. The van der Waals surface area contributed by atoms with E-state index in [9.17, 15) is 4.39 Å². The van der Waals surface area contributed by atoms with Crippen LogP contribution in [0.2, 0.25) is 0 Å². The largest absolute Gasteiger partial charge is 0.380 e. The number of ether oxygens (including phenoxy) is 2. The maximum absolute atomic E-state index is 13.3. The van der Waals surface area contributed by atoms with E-state index in [1.165, 1.54) is 12.1 Å². The van der Waals surface area contributed by atoms with Gasteiger partial charge in [-0.2, -0.15) is 0 Å². The molecule has 0 aliphatic carbocycles. The van der Waals surface area contributed by atoms with Gasteiger partial charge in [-0.3, -0.25) is 0 Å². The molecule has 0 amide bonds. The van der Waals surface area contributed by atoms with Crippen LogP contribution < -0.4 is 0 Å². The molecule has 5 heteroatoms. The molecule has 0 fully saturated rings. The minimum absolute atomic E-state index is 0.0405. The lowest BCUT2D eigenvalue weighted by atomic mass is 10.1. The van der Waals surface area contributed by atoms with E-state index in [1.54, 1.807) is 6.07 Å². The zero-order chi connectivity index (χ0) is 14.5. The van der Waals surface area contributed by atoms with Crippen molar-refractivity contribution in [2.75, 3.05) is 0 Å². The maximum atomic E-state index is 13.3. The van der Waals surface area contributed by atoms with Crippen molar-refractivity contribution in [1.29, 1.82) is 0 Å². The van der Waals surface area contributed by atoms with Crippen LogP contribution in [0.3, 0.4) is 0 Å². The van der Waals surface area contributed by atoms with Crippen molar-refractivity contribution in [2.45, 2.75) is 52.3 Å². The summed E-state index contributed by atoms with van der Waals surface area (Å²) < 4.78 is 30.5. The fourth-order valence-electron chi connectivity index (χ4n) is 1.89. The first kappa shape index (κ1) is 16.3. The minimum atomic E-state index is -1.12. The smallest absolute Gasteiger partial charge is 0.277 e. The summed E-state index contributed by atoms with van der Waals surface area (Å²) in [5.41, 5.74) is 0.789. The Balaban J connectivity index is 2.94. The van der Waals surface area contributed by atoms with Crippen LogP contribution in [0.15, 0.2) is 24.3 Å². The van der Waals surface area contributed by atoms with Gasteiger partial charge < -0.3 is 13.9 Å². The monoisotopic (exact) mass is 286 g/mol. The van der Waals surface area contributed by atoms with Crippen LogP contribution in [0.25, 0.3) is 0 Å². The van der Waals surface area contributed by atoms with Gasteiger partial charge in [0.1, 0.15) is 5.82 Å². The molecule has 1 rings (SSSR count). The molecular weight excluding hydrogens is 263 g/mol. The summed E-state index contributed by atoms with van der Waals surface area (Å²) in [5.74, 6) is -1.39. The molecule has 3 nitrogen and oxygen atoms in total. The maximum Gasteiger partial charge on any atom is 0.277 e. The molecule has 1 aromatic rings. The molecule has 1 aromatic carbocycles. The highest BCUT2D eigenvalue weighted by Crippen LogP contribution is 2.24. The van der Waals surface area contributed by atoms with E-state index in [4.69, 9.17) is 13.9 Å². The van der Waals surface area contributed by atoms with Crippen molar-refractivity contribution in [3.8, 4) is 0 Å². The SMILES string of the molecule is CC(C)OC(Cc1cccc(F)c1)(O[SiH3])OC(C)C. The highest BCUT2D eigenvalue weighted by Gasteiger charge is 2.34. The van der Waals surface area contributed by atoms with Gasteiger partial charge >= 0.3 is 0 Å². The van der Waals surface area contributed by atoms with Crippen molar-refractivity contribution in [1.82, 2.24) is 0 Å². The summed E-state index contributed by atoms with van der Waals surface area (Å²) >= 11 is 0. The average Bonchev–Trinajstić information content (AvgIpc) is 2.26. The first-order valence-corrected chi connectivity index (χ1v) is 7.34. The first-order valence-electron chi connectivity index (χ1n) is 6.52. The topological polar surface area (TPSA) is 27.7 Å². The van der Waals surface area contributed by atoms with Crippen LogP contribution >= 0.6 is 0 Å². The fourth-order valence-corrected chi connectivity index (χ4v) is 2.23. The van der Waals surface area contributed by atoms with E-state index in [0.29, 0.717) is 16.9 Å². The molecule has 0 unspecified atom stereocenters. The van der Waals surface area contributed by atoms with Crippen LogP contribution in [-0.4, -0.2) is 28.7 Å². The Morgan fingerprint density at radius 1 is 1.16 bits per heavy atom. The second-order valence-corrected chi connectivity index (χ2v) is 5.44. The van der Waals surface area contributed by atoms with Gasteiger partial charge in [-0.1, -0.05) is 12.1 Å². The molecule has 0 aromatic heterocycles. The van der Waals surface area contributed by atoms with Gasteiger partial charge in [0.05, 0.1) is 18.6 Å². The third-order valence-corrected chi connectivity index (χ3v) is 3.07. The summed E-state index contributed by atoms with van der Waals surface area (Å²) in [6.07, 6.45) is 0.285. The lowest BCUT2D eigenvalue weighted by molar-refractivity contribution is -0.365. The first-order chi connectivity index (χ1) is 8.87. The summed E-state index contributed by atoms with van der Waals surface area (Å²) in [6.45, 7) is 7.68. The fraction of sp³-hybridized carbons (Fsp3) is 0.571. The molecule has 0 spiro atoms. The molecule has 0 aliphatic heterocycles. The van der Waals surface area contributed by atoms with Crippen LogP contribution in [0.5, 0.6) is 0 Å². The second-order valence-electron chi connectivity index (χ2n) is 5.03. The van der Waals surface area contributed by atoms with Crippen molar-refractivity contribution < 1.29 is 18.3 Å². The second kappa shape index (κ2) is 7.14. The van der Waals surface area contributed by atoms with Gasteiger partial charge in [0.2, 0.25) is 0 Å². The standard InChI is InChI=1S/C14H23FO3Si/c1-10(2)16-14(18-19,17-11(3)4)9-12-6-5-7-13(15)8-12/h5-8,10-11H,9H2,1-4,19H3. The lowest BCUT2D eigenvalue weighted by Crippen LogP contribution is -2.44. The Morgan fingerprint density at radius 2 is 1.74 bits per heavy atom. The Morgan fingerprint density at radius 3 is 2.16 bits per heavy atom. The zero-order valence-corrected chi connectivity index (χ0v) is 14.3. The van der Waals surface area contributed by atoms with Gasteiger partial charge in [-0.05, 0) is 45.4 Å². The van der Waals surface area contributed by atoms with Crippen LogP contribution in [0.1, 0.15) is 33.3 Å². The lowest BCUT2D eigenvalue weighted by Gasteiger charge is -2.36. The predicted molar refractivity (Wildman–Crippen MR) is 76.3 cm³/mol. The van der Waals surface area contributed by atoms with Crippen LogP contribution in [0, 0.1) is 5.82 Å². The predicted octanol–water partition coefficient (Wildman–Crippen LogP) is 2.17. The number of rotatable bonds is 7. The molecule has 0 heterocycles. The van der Waals surface area contributed by atoms with Crippen LogP contribution in [-0.2, 0) is 20.3 Å². The molecular formula is C14H23FO3Si. The summed E-state index contributed by atoms with van der Waals surface area (Å²) in [7, 11) is 0.472. The molecule has 0 radical (unpaired) electrons. The van der Waals surface area contributed by atoms with Gasteiger partial charge in [-0.15, -0.1) is 0 Å². The number of benzene rings is 1. The van der Waals surface area contributed by atoms with Gasteiger partial charge in [0, 0.05) is 0 Å². The Labute approximate surface area is 117 Å². The Hall–Kier alpha value is -0.753. The van der Waals surface area contributed by atoms with Crippen molar-refractivity contribution in [2.24, 2.45) is 0 Å². The average molecular weight is 286 g/mol. The van der Waals surface area contributed by atoms with E-state index >= 15 is 0 Å². The van der Waals surface area contributed by atoms with E-state index in [0.717, 1.165) is 5.56 Å². The summed E-state index contributed by atoms with van der Waals surface area (Å²) in [5, 5.41) is 0. The molecule has 19 heavy (non-hydrogen) atoms. The highest BCUT2D eigenvalue weighted by molar-refractivity contribution is 5.98.